The van der Waals surface area contributed by atoms with Gasteiger partial charge in [0.25, 0.3) is 5.52 Å². The molecule has 0 amide bonds. The summed E-state index contributed by atoms with van der Waals surface area (Å²) in [5.74, 6) is 0. The zero-order chi connectivity index (χ0) is 18.7. The Morgan fingerprint density at radius 2 is 1.46 bits per heavy atom. The van der Waals surface area contributed by atoms with Crippen molar-refractivity contribution in [2.24, 2.45) is 0 Å². The molecule has 0 radical (unpaired) electrons. The van der Waals surface area contributed by atoms with Gasteiger partial charge in [-0.25, -0.2) is 23.6 Å². The van der Waals surface area contributed by atoms with Crippen molar-refractivity contribution in [2.75, 3.05) is 0 Å². The second-order valence-corrected chi connectivity index (χ2v) is 6.38. The van der Waals surface area contributed by atoms with Gasteiger partial charge in [-0.15, -0.1) is 10.2 Å². The molecule has 132 valence electrons. The summed E-state index contributed by atoms with van der Waals surface area (Å²) in [6, 6.07) is 20.0. The number of pyridine rings is 1. The van der Waals surface area contributed by atoms with Crippen LogP contribution in [-0.4, -0.2) is 10.1 Å². The van der Waals surface area contributed by atoms with Crippen LogP contribution in [0.2, 0.25) is 5.02 Å². The van der Waals surface area contributed by atoms with Crippen molar-refractivity contribution in [3.8, 4) is 11.3 Å². The van der Waals surface area contributed by atoms with Crippen LogP contribution in [0.5, 0.6) is 0 Å². The van der Waals surface area contributed by atoms with E-state index in [9.17, 15) is 0 Å². The van der Waals surface area contributed by atoms with Crippen molar-refractivity contribution < 1.29 is 33.4 Å². The van der Waals surface area contributed by atoms with E-state index in [-0.39, 0.29) is 0 Å². The van der Waals surface area contributed by atoms with Crippen LogP contribution in [0, 0.1) is 10.2 Å². The highest BCUT2D eigenvalue weighted by molar-refractivity contribution is 6.30. The summed E-state index contributed by atoms with van der Waals surface area (Å²) in [6.07, 6.45) is 1.59. The molecule has 0 spiro atoms. The van der Waals surface area contributed by atoms with Gasteiger partial charge in [0, 0.05) is 33.2 Å². The summed E-state index contributed by atoms with van der Waals surface area (Å²) >= 11 is 5.96. The van der Waals surface area contributed by atoms with Gasteiger partial charge in [-0.1, -0.05) is 35.9 Å². The molecule has 4 aromatic rings. The molecule has 0 unspecified atom stereocenters. The second-order valence-electron chi connectivity index (χ2n) is 5.18. The van der Waals surface area contributed by atoms with E-state index in [1.807, 2.05) is 47.0 Å². The Labute approximate surface area is 155 Å². The number of hydrogen-bond donors (Lipinski definition) is 0. The fraction of sp³-hybridized carbons (Fsp3) is 0. The van der Waals surface area contributed by atoms with E-state index in [4.69, 9.17) is 30.2 Å². The van der Waals surface area contributed by atoms with E-state index in [2.05, 4.69) is 28.3 Å². The lowest BCUT2D eigenvalue weighted by molar-refractivity contribution is -2.00. The summed E-state index contributed by atoms with van der Waals surface area (Å²) in [4.78, 5) is 4.44. The summed E-state index contributed by atoms with van der Waals surface area (Å²) in [7, 11) is -4.94. The van der Waals surface area contributed by atoms with E-state index in [0.29, 0.717) is 0 Å². The number of benzene rings is 2. The van der Waals surface area contributed by atoms with Crippen LogP contribution in [-0.2, 0) is 0 Å². The van der Waals surface area contributed by atoms with Gasteiger partial charge < -0.3 is 0 Å². The van der Waals surface area contributed by atoms with E-state index < -0.39 is 10.2 Å². The summed E-state index contributed by atoms with van der Waals surface area (Å²) in [5, 5.41) is 6.26. The van der Waals surface area contributed by atoms with Crippen molar-refractivity contribution in [1.82, 2.24) is 10.1 Å². The highest BCUT2D eigenvalue weighted by Crippen LogP contribution is 2.22. The highest BCUT2D eigenvalue weighted by Gasteiger charge is 2.16. The Bertz CT molecular complexity index is 1050. The SMILES string of the molecule is Clc1ccc(-c2ncn[n+]3c2ccc2ccccc23)cc1.[O-][Cl+3]([O-])([O-])[O-]. The first-order chi connectivity index (χ1) is 12.3. The normalized spacial score (nSPS) is 11.3. The average Bonchev–Trinajstić information content (AvgIpc) is 2.60. The lowest BCUT2D eigenvalue weighted by Gasteiger charge is -2.17. The van der Waals surface area contributed by atoms with Crippen LogP contribution < -0.4 is 23.2 Å². The minimum Gasteiger partial charge on any atom is -0.223 e. The summed E-state index contributed by atoms with van der Waals surface area (Å²) in [6.45, 7) is 0. The zero-order valence-electron chi connectivity index (χ0n) is 13.1. The predicted molar refractivity (Wildman–Crippen MR) is 83.1 cm³/mol. The lowest BCUT2D eigenvalue weighted by atomic mass is 10.1. The maximum atomic E-state index is 8.49. The number of hydrogen-bond acceptors (Lipinski definition) is 6. The molecule has 26 heavy (non-hydrogen) atoms. The van der Waals surface area contributed by atoms with Crippen LogP contribution in [0.4, 0.5) is 0 Å². The maximum absolute atomic E-state index is 8.49. The van der Waals surface area contributed by atoms with E-state index in [1.165, 1.54) is 0 Å². The third-order valence-corrected chi connectivity index (χ3v) is 3.78. The van der Waals surface area contributed by atoms with Gasteiger partial charge >= 0.3 is 0 Å². The van der Waals surface area contributed by atoms with Gasteiger partial charge in [0.05, 0.1) is 0 Å². The van der Waals surface area contributed by atoms with Gasteiger partial charge in [0.2, 0.25) is 5.52 Å². The van der Waals surface area contributed by atoms with Crippen LogP contribution in [0.1, 0.15) is 0 Å². The number of nitrogens with zero attached hydrogens (tertiary/aromatic N) is 3. The summed E-state index contributed by atoms with van der Waals surface area (Å²) < 4.78 is 35.9. The monoisotopic (exact) mass is 391 g/mol. The Kier molecular flexibility index (Phi) is 5.28. The Balaban J connectivity index is 0.000000349. The summed E-state index contributed by atoms with van der Waals surface area (Å²) in [5.41, 5.74) is 3.95. The van der Waals surface area contributed by atoms with Crippen LogP contribution in [0.15, 0.2) is 67.0 Å². The molecule has 7 nitrogen and oxygen atoms in total. The minimum atomic E-state index is -4.94. The Hall–Kier alpha value is -2.39. The van der Waals surface area contributed by atoms with Gasteiger partial charge in [0.1, 0.15) is 5.69 Å². The molecule has 0 atom stereocenters. The van der Waals surface area contributed by atoms with Crippen molar-refractivity contribution in [3.05, 3.63) is 72.0 Å². The molecule has 0 N–H and O–H groups in total. The smallest absolute Gasteiger partial charge is 0.223 e. The third kappa shape index (κ3) is 4.41. The predicted octanol–water partition coefficient (Wildman–Crippen LogP) is -1.07. The van der Waals surface area contributed by atoms with E-state index in [1.54, 1.807) is 6.33 Å². The number of rotatable bonds is 1. The fourth-order valence-electron chi connectivity index (χ4n) is 2.53. The highest BCUT2D eigenvalue weighted by atomic mass is 35.7. The molecule has 0 fully saturated rings. The molecule has 0 saturated carbocycles. The lowest BCUT2D eigenvalue weighted by Crippen LogP contribution is -2.68. The Morgan fingerprint density at radius 1 is 0.808 bits per heavy atom. The van der Waals surface area contributed by atoms with E-state index >= 15 is 0 Å². The third-order valence-electron chi connectivity index (χ3n) is 3.53. The first-order valence-electron chi connectivity index (χ1n) is 7.25. The fourth-order valence-corrected chi connectivity index (χ4v) is 2.65. The molecule has 4 rings (SSSR count). The molecule has 0 aliphatic rings. The van der Waals surface area contributed by atoms with Crippen molar-refractivity contribution in [3.63, 3.8) is 0 Å². The molecule has 0 bridgehead atoms. The van der Waals surface area contributed by atoms with Crippen molar-refractivity contribution >= 4 is 28.0 Å². The van der Waals surface area contributed by atoms with Gasteiger partial charge in [-0.2, -0.15) is 0 Å². The molecule has 2 aromatic heterocycles. The minimum absolute atomic E-state index is 0.718. The quantitative estimate of drug-likeness (QED) is 0.300. The van der Waals surface area contributed by atoms with Gasteiger partial charge in [-0.05, 0) is 28.8 Å². The molecule has 2 aromatic carbocycles. The number of halogens is 2. The van der Waals surface area contributed by atoms with Crippen LogP contribution in [0.3, 0.4) is 0 Å². The van der Waals surface area contributed by atoms with Crippen LogP contribution in [0.25, 0.3) is 27.7 Å². The van der Waals surface area contributed by atoms with Crippen molar-refractivity contribution in [2.45, 2.75) is 0 Å². The number of aromatic nitrogens is 3. The maximum Gasteiger partial charge on any atom is 0.264 e. The molecule has 2 heterocycles. The number of fused-ring (bicyclic) bond motifs is 3. The van der Waals surface area contributed by atoms with Gasteiger partial charge in [-0.3, -0.25) is 0 Å². The molecule has 0 saturated heterocycles. The molecular formula is C17H11Cl2N3O4. The molecule has 9 heteroatoms. The Morgan fingerprint density at radius 3 is 2.15 bits per heavy atom. The molecular weight excluding hydrogens is 381 g/mol. The van der Waals surface area contributed by atoms with Crippen molar-refractivity contribution in [1.29, 1.82) is 0 Å². The average molecular weight is 392 g/mol. The second kappa shape index (κ2) is 7.46. The number of para-hydroxylation sites is 1. The molecule has 0 aliphatic heterocycles. The standard InChI is InChI=1S/C17H11ClN3.ClHO4/c18-14-8-5-13(6-9-14)17-16-10-7-12-3-1-2-4-15(12)21(16)20-11-19-17;2-1(3,4)5/h1-11H;(H,2,3,4,5)/q+1;/p-1. The first-order valence-corrected chi connectivity index (χ1v) is 8.87. The molecule has 0 aliphatic carbocycles. The zero-order valence-corrected chi connectivity index (χ0v) is 14.6. The first kappa shape index (κ1) is 18.4. The topological polar surface area (TPSA) is 122 Å². The van der Waals surface area contributed by atoms with Gasteiger partial charge in [0.15, 0.2) is 6.33 Å². The van der Waals surface area contributed by atoms with Crippen LogP contribution >= 0.6 is 11.6 Å². The van der Waals surface area contributed by atoms with E-state index in [0.717, 1.165) is 32.7 Å². The largest absolute Gasteiger partial charge is 0.264 e.